The average Bonchev–Trinajstić information content (AvgIpc) is 2.15. The van der Waals surface area contributed by atoms with Gasteiger partial charge in [-0.25, -0.2) is 0 Å². The largest absolute Gasteiger partial charge is 0.469 e. The minimum absolute atomic E-state index is 0.0398. The maximum absolute atomic E-state index is 11.4. The van der Waals surface area contributed by atoms with Crippen molar-refractivity contribution in [2.75, 3.05) is 20.2 Å². The Bertz CT molecular complexity index is 208. The first kappa shape index (κ1) is 11.5. The van der Waals surface area contributed by atoms with Crippen LogP contribution in [-0.2, 0) is 9.53 Å². The van der Waals surface area contributed by atoms with Crippen LogP contribution in [0.25, 0.3) is 0 Å². The number of nitrogens with one attached hydrogen (secondary N) is 1. The highest BCUT2D eigenvalue weighted by Crippen LogP contribution is 2.33. The number of piperidine rings is 1. The van der Waals surface area contributed by atoms with Gasteiger partial charge < -0.3 is 10.1 Å². The molecular weight excluding hydrogens is 178 g/mol. The molecule has 14 heavy (non-hydrogen) atoms. The van der Waals surface area contributed by atoms with E-state index < -0.39 is 0 Å². The fraction of sp³-hybridized carbons (Fsp3) is 0.909. The van der Waals surface area contributed by atoms with E-state index in [0.29, 0.717) is 5.92 Å². The predicted octanol–water partition coefficient (Wildman–Crippen LogP) is 1.43. The van der Waals surface area contributed by atoms with Crippen molar-refractivity contribution in [1.29, 1.82) is 0 Å². The van der Waals surface area contributed by atoms with Crippen molar-refractivity contribution >= 4 is 5.97 Å². The molecule has 3 nitrogen and oxygen atoms in total. The van der Waals surface area contributed by atoms with Crippen molar-refractivity contribution in [3.05, 3.63) is 0 Å². The van der Waals surface area contributed by atoms with Gasteiger partial charge in [-0.2, -0.15) is 0 Å². The molecule has 1 aliphatic rings. The second-order valence-corrected chi connectivity index (χ2v) is 5.18. The Morgan fingerprint density at radius 3 is 2.50 bits per heavy atom. The molecule has 0 aromatic heterocycles. The van der Waals surface area contributed by atoms with E-state index in [1.54, 1.807) is 0 Å². The maximum atomic E-state index is 11.4. The van der Waals surface area contributed by atoms with Gasteiger partial charge in [0.2, 0.25) is 0 Å². The monoisotopic (exact) mass is 199 g/mol. The summed E-state index contributed by atoms with van der Waals surface area (Å²) in [6.07, 6.45) is 0.948. The molecule has 1 N–H and O–H groups in total. The maximum Gasteiger partial charge on any atom is 0.309 e. The first-order valence-corrected chi connectivity index (χ1v) is 5.23. The number of hydrogen-bond acceptors (Lipinski definition) is 3. The second-order valence-electron chi connectivity index (χ2n) is 5.18. The van der Waals surface area contributed by atoms with E-state index in [4.69, 9.17) is 4.74 Å². The van der Waals surface area contributed by atoms with E-state index >= 15 is 0 Å². The molecule has 2 atom stereocenters. The Kier molecular flexibility index (Phi) is 3.53. The molecule has 1 rings (SSSR count). The molecule has 3 heteroatoms. The summed E-state index contributed by atoms with van der Waals surface area (Å²) in [5.41, 5.74) is 0.264. The smallest absolute Gasteiger partial charge is 0.309 e. The van der Waals surface area contributed by atoms with Crippen LogP contribution in [0.3, 0.4) is 0 Å². The minimum Gasteiger partial charge on any atom is -0.469 e. The highest BCUT2D eigenvalue weighted by Gasteiger charge is 2.33. The average molecular weight is 199 g/mol. The Balaban J connectivity index is 2.56. The molecule has 0 saturated carbocycles. The van der Waals surface area contributed by atoms with Crippen molar-refractivity contribution in [3.8, 4) is 0 Å². The van der Waals surface area contributed by atoms with Gasteiger partial charge in [-0.3, -0.25) is 4.79 Å². The summed E-state index contributed by atoms with van der Waals surface area (Å²) < 4.78 is 4.77. The standard InChI is InChI=1S/C11H21NO2/c1-11(2,3)9-5-8(6-12-7-9)10(13)14-4/h8-9,12H,5-7H2,1-4H3/t8-,9-/m0/s1. The quantitative estimate of drug-likeness (QED) is 0.649. The van der Waals surface area contributed by atoms with Gasteiger partial charge >= 0.3 is 5.97 Å². The van der Waals surface area contributed by atoms with Crippen LogP contribution in [0, 0.1) is 17.3 Å². The number of hydrogen-bond donors (Lipinski definition) is 1. The molecule has 0 unspecified atom stereocenters. The van der Waals surface area contributed by atoms with E-state index in [1.807, 2.05) is 0 Å². The summed E-state index contributed by atoms with van der Waals surface area (Å²) >= 11 is 0. The van der Waals surface area contributed by atoms with Crippen LogP contribution in [0.4, 0.5) is 0 Å². The molecule has 1 fully saturated rings. The molecule has 1 heterocycles. The van der Waals surface area contributed by atoms with E-state index in [1.165, 1.54) is 7.11 Å². The molecule has 0 aromatic rings. The van der Waals surface area contributed by atoms with Gasteiger partial charge in [0, 0.05) is 6.54 Å². The number of methoxy groups -OCH3 is 1. The van der Waals surface area contributed by atoms with Crippen molar-refractivity contribution in [2.24, 2.45) is 17.3 Å². The first-order valence-electron chi connectivity index (χ1n) is 5.23. The number of esters is 1. The molecule has 0 radical (unpaired) electrons. The molecule has 0 bridgehead atoms. The Morgan fingerprint density at radius 1 is 1.36 bits per heavy atom. The lowest BCUT2D eigenvalue weighted by Gasteiger charge is -2.37. The highest BCUT2D eigenvalue weighted by molar-refractivity contribution is 5.72. The van der Waals surface area contributed by atoms with Crippen LogP contribution in [-0.4, -0.2) is 26.2 Å². The summed E-state index contributed by atoms with van der Waals surface area (Å²) in [7, 11) is 1.46. The zero-order valence-electron chi connectivity index (χ0n) is 9.59. The molecular formula is C11H21NO2. The Hall–Kier alpha value is -0.570. The van der Waals surface area contributed by atoms with Crippen molar-refractivity contribution in [2.45, 2.75) is 27.2 Å². The Labute approximate surface area is 86.2 Å². The molecule has 0 aliphatic carbocycles. The fourth-order valence-electron chi connectivity index (χ4n) is 1.95. The van der Waals surface area contributed by atoms with Crippen LogP contribution in [0.2, 0.25) is 0 Å². The summed E-state index contributed by atoms with van der Waals surface area (Å²) in [5, 5.41) is 3.31. The Morgan fingerprint density at radius 2 is 2.00 bits per heavy atom. The number of carbonyl (C=O) groups is 1. The van der Waals surface area contributed by atoms with E-state index in [0.717, 1.165) is 19.5 Å². The molecule has 82 valence electrons. The van der Waals surface area contributed by atoms with Crippen molar-refractivity contribution in [3.63, 3.8) is 0 Å². The normalized spacial score (nSPS) is 28.6. The predicted molar refractivity (Wildman–Crippen MR) is 55.9 cm³/mol. The lowest BCUT2D eigenvalue weighted by Crippen LogP contribution is -2.44. The minimum atomic E-state index is -0.0774. The SMILES string of the molecule is COC(=O)[C@@H]1CNC[C@@H](C(C)(C)C)C1. The molecule has 0 amide bonds. The van der Waals surface area contributed by atoms with Crippen LogP contribution in [0.15, 0.2) is 0 Å². The van der Waals surface area contributed by atoms with Crippen molar-refractivity contribution < 1.29 is 9.53 Å². The molecule has 1 saturated heterocycles. The fourth-order valence-corrected chi connectivity index (χ4v) is 1.95. The number of carbonyl (C=O) groups excluding carboxylic acids is 1. The van der Waals surface area contributed by atoms with Gasteiger partial charge in [0.05, 0.1) is 13.0 Å². The zero-order valence-corrected chi connectivity index (χ0v) is 9.59. The summed E-state index contributed by atoms with van der Waals surface area (Å²) in [5.74, 6) is 0.518. The van der Waals surface area contributed by atoms with E-state index in [9.17, 15) is 4.79 Å². The van der Waals surface area contributed by atoms with Gasteiger partial charge in [-0.05, 0) is 24.3 Å². The van der Waals surface area contributed by atoms with Gasteiger partial charge in [-0.1, -0.05) is 20.8 Å². The summed E-state index contributed by atoms with van der Waals surface area (Å²) in [6.45, 7) is 8.44. The van der Waals surface area contributed by atoms with Gasteiger partial charge in [0.15, 0.2) is 0 Å². The lowest BCUT2D eigenvalue weighted by molar-refractivity contribution is -0.147. The van der Waals surface area contributed by atoms with Crippen LogP contribution < -0.4 is 5.32 Å². The molecule has 0 aromatic carbocycles. The third-order valence-corrected chi connectivity index (χ3v) is 3.11. The van der Waals surface area contributed by atoms with Gasteiger partial charge in [0.1, 0.15) is 0 Å². The second kappa shape index (κ2) is 4.30. The molecule has 0 spiro atoms. The van der Waals surface area contributed by atoms with Gasteiger partial charge in [0.25, 0.3) is 0 Å². The van der Waals surface area contributed by atoms with Crippen molar-refractivity contribution in [1.82, 2.24) is 5.32 Å². The first-order chi connectivity index (χ1) is 6.45. The number of ether oxygens (including phenoxy) is 1. The third-order valence-electron chi connectivity index (χ3n) is 3.11. The van der Waals surface area contributed by atoms with Crippen LogP contribution in [0.1, 0.15) is 27.2 Å². The van der Waals surface area contributed by atoms with Crippen LogP contribution in [0.5, 0.6) is 0 Å². The summed E-state index contributed by atoms with van der Waals surface area (Å²) in [4.78, 5) is 11.4. The number of rotatable bonds is 1. The van der Waals surface area contributed by atoms with Gasteiger partial charge in [-0.15, -0.1) is 0 Å². The lowest BCUT2D eigenvalue weighted by atomic mass is 9.74. The van der Waals surface area contributed by atoms with E-state index in [-0.39, 0.29) is 17.3 Å². The van der Waals surface area contributed by atoms with E-state index in [2.05, 4.69) is 26.1 Å². The topological polar surface area (TPSA) is 38.3 Å². The zero-order chi connectivity index (χ0) is 10.8. The third kappa shape index (κ3) is 2.71. The molecule has 1 aliphatic heterocycles. The highest BCUT2D eigenvalue weighted by atomic mass is 16.5. The van der Waals surface area contributed by atoms with Crippen LogP contribution >= 0.6 is 0 Å². The summed E-state index contributed by atoms with van der Waals surface area (Å²) in [6, 6.07) is 0.